The second-order valence-electron chi connectivity index (χ2n) is 7.07. The van der Waals surface area contributed by atoms with E-state index in [9.17, 15) is 4.79 Å². The van der Waals surface area contributed by atoms with E-state index in [1.54, 1.807) is 18.5 Å². The van der Waals surface area contributed by atoms with Crippen molar-refractivity contribution >= 4 is 11.6 Å². The molecule has 2 aromatic rings. The molecule has 0 radical (unpaired) electrons. The maximum absolute atomic E-state index is 12.3. The number of nitrogens with zero attached hydrogens (tertiary/aromatic N) is 2. The van der Waals surface area contributed by atoms with E-state index < -0.39 is 0 Å². The van der Waals surface area contributed by atoms with Gasteiger partial charge < -0.3 is 16.0 Å². The van der Waals surface area contributed by atoms with Crippen molar-refractivity contribution in [1.29, 1.82) is 0 Å². The van der Waals surface area contributed by atoms with Gasteiger partial charge in [0, 0.05) is 41.8 Å². The highest BCUT2D eigenvalue weighted by Gasteiger charge is 2.18. The molecule has 0 spiro atoms. The molecule has 3 N–H and O–H groups in total. The molecule has 1 aliphatic rings. The molecule has 1 aromatic carbocycles. The lowest BCUT2D eigenvalue weighted by Gasteiger charge is -2.23. The Morgan fingerprint density at radius 3 is 2.65 bits per heavy atom. The average Bonchev–Trinajstić information content (AvgIpc) is 3.20. The van der Waals surface area contributed by atoms with Gasteiger partial charge in [-0.05, 0) is 56.6 Å². The third-order valence-corrected chi connectivity index (χ3v) is 5.23. The molecule has 1 saturated carbocycles. The topological polar surface area (TPSA) is 71.2 Å². The van der Waals surface area contributed by atoms with Crippen molar-refractivity contribution in [1.82, 2.24) is 15.2 Å². The summed E-state index contributed by atoms with van der Waals surface area (Å²) in [6.45, 7) is 1.73. The van der Waals surface area contributed by atoms with Gasteiger partial charge in [-0.1, -0.05) is 25.0 Å². The van der Waals surface area contributed by atoms with Gasteiger partial charge in [-0.25, -0.2) is 0 Å². The fourth-order valence-electron chi connectivity index (χ4n) is 3.61. The second-order valence-corrected chi connectivity index (χ2v) is 7.07. The quantitative estimate of drug-likeness (QED) is 0.750. The van der Waals surface area contributed by atoms with Crippen LogP contribution in [0.15, 0.2) is 42.7 Å². The largest absolute Gasteiger partial charge is 0.398 e. The molecule has 0 unspecified atom stereocenters. The summed E-state index contributed by atoms with van der Waals surface area (Å²) in [4.78, 5) is 18.8. The molecule has 3 rings (SSSR count). The number of nitrogen functional groups attached to an aromatic ring is 1. The number of benzene rings is 1. The van der Waals surface area contributed by atoms with Crippen molar-refractivity contribution in [3.63, 3.8) is 0 Å². The van der Waals surface area contributed by atoms with Crippen molar-refractivity contribution in [2.45, 2.75) is 38.1 Å². The number of carbonyl (C=O) groups excluding carboxylic acids is 1. The highest BCUT2D eigenvalue weighted by molar-refractivity contribution is 5.94. The molecule has 1 fully saturated rings. The first-order valence-corrected chi connectivity index (χ1v) is 9.43. The fraction of sp³-hybridized carbons (Fsp3) is 0.429. The maximum Gasteiger partial charge on any atom is 0.251 e. The van der Waals surface area contributed by atoms with Crippen LogP contribution in [0.3, 0.4) is 0 Å². The van der Waals surface area contributed by atoms with E-state index in [4.69, 9.17) is 5.73 Å². The molecule has 1 amide bonds. The Bertz CT molecular complexity index is 723. The van der Waals surface area contributed by atoms with Crippen LogP contribution in [0.5, 0.6) is 0 Å². The molecule has 1 aromatic heterocycles. The standard InChI is InChI=1S/C21H28N4O/c1-25(18-5-2-3-6-18)14-4-12-24-21(26)17-9-7-16(8-10-17)19-15-23-13-11-20(19)22/h7-11,13,15,18H,2-6,12,14H2,1H3,(H2,22,23)(H,24,26). The molecule has 5 heteroatoms. The summed E-state index contributed by atoms with van der Waals surface area (Å²) in [6, 6.07) is 10.0. The normalized spacial score (nSPS) is 14.7. The third kappa shape index (κ3) is 4.61. The monoisotopic (exact) mass is 352 g/mol. The van der Waals surface area contributed by atoms with Crippen LogP contribution in [0.1, 0.15) is 42.5 Å². The summed E-state index contributed by atoms with van der Waals surface area (Å²) in [5, 5.41) is 3.01. The van der Waals surface area contributed by atoms with E-state index >= 15 is 0 Å². The molecule has 0 bridgehead atoms. The minimum atomic E-state index is -0.0285. The van der Waals surface area contributed by atoms with Gasteiger partial charge in [0.1, 0.15) is 0 Å². The van der Waals surface area contributed by atoms with E-state index in [2.05, 4.69) is 22.2 Å². The molecule has 138 valence electrons. The first-order valence-electron chi connectivity index (χ1n) is 9.43. The van der Waals surface area contributed by atoms with Crippen LogP contribution in [0.25, 0.3) is 11.1 Å². The Morgan fingerprint density at radius 1 is 1.23 bits per heavy atom. The highest BCUT2D eigenvalue weighted by atomic mass is 16.1. The zero-order valence-electron chi connectivity index (χ0n) is 15.4. The summed E-state index contributed by atoms with van der Waals surface area (Å²) in [5.74, 6) is -0.0285. The molecular formula is C21H28N4O. The van der Waals surface area contributed by atoms with Crippen LogP contribution in [-0.2, 0) is 0 Å². The number of aromatic nitrogens is 1. The summed E-state index contributed by atoms with van der Waals surface area (Å²) < 4.78 is 0. The van der Waals surface area contributed by atoms with E-state index in [0.29, 0.717) is 17.8 Å². The molecule has 0 aliphatic heterocycles. The number of hydrogen-bond donors (Lipinski definition) is 2. The predicted molar refractivity (Wildman–Crippen MR) is 106 cm³/mol. The number of nitrogens with two attached hydrogens (primary N) is 1. The van der Waals surface area contributed by atoms with Crippen LogP contribution in [0, 0.1) is 0 Å². The van der Waals surface area contributed by atoms with E-state index in [1.165, 1.54) is 25.7 Å². The second kappa shape index (κ2) is 8.81. The summed E-state index contributed by atoms with van der Waals surface area (Å²) in [7, 11) is 2.20. The minimum Gasteiger partial charge on any atom is -0.398 e. The van der Waals surface area contributed by atoms with Crippen molar-refractivity contribution in [3.05, 3.63) is 48.3 Å². The number of carbonyl (C=O) groups is 1. The van der Waals surface area contributed by atoms with Crippen LogP contribution in [0.2, 0.25) is 0 Å². The van der Waals surface area contributed by atoms with E-state index in [1.807, 2.05) is 24.3 Å². The Kier molecular flexibility index (Phi) is 6.23. The summed E-state index contributed by atoms with van der Waals surface area (Å²) >= 11 is 0. The van der Waals surface area contributed by atoms with Crippen molar-refractivity contribution in [3.8, 4) is 11.1 Å². The lowest BCUT2D eigenvalue weighted by atomic mass is 10.0. The smallest absolute Gasteiger partial charge is 0.251 e. The molecule has 0 atom stereocenters. The first-order chi connectivity index (χ1) is 12.6. The van der Waals surface area contributed by atoms with Crippen LogP contribution >= 0.6 is 0 Å². The van der Waals surface area contributed by atoms with Crippen molar-refractivity contribution in [2.24, 2.45) is 0 Å². The molecule has 5 nitrogen and oxygen atoms in total. The molecule has 26 heavy (non-hydrogen) atoms. The molecular weight excluding hydrogens is 324 g/mol. The van der Waals surface area contributed by atoms with Gasteiger partial charge in [0.15, 0.2) is 0 Å². The average molecular weight is 352 g/mol. The molecule has 0 saturated heterocycles. The molecule has 1 heterocycles. The zero-order valence-corrected chi connectivity index (χ0v) is 15.4. The third-order valence-electron chi connectivity index (χ3n) is 5.23. The number of nitrogens with one attached hydrogen (secondary N) is 1. The maximum atomic E-state index is 12.3. The molecule has 1 aliphatic carbocycles. The number of hydrogen-bond acceptors (Lipinski definition) is 4. The van der Waals surface area contributed by atoms with E-state index in [-0.39, 0.29) is 5.91 Å². The van der Waals surface area contributed by atoms with Gasteiger partial charge in [0.05, 0.1) is 0 Å². The Morgan fingerprint density at radius 2 is 1.96 bits per heavy atom. The van der Waals surface area contributed by atoms with Crippen molar-refractivity contribution < 1.29 is 4.79 Å². The number of rotatable bonds is 7. The Hall–Kier alpha value is -2.40. The van der Waals surface area contributed by atoms with Crippen LogP contribution < -0.4 is 11.1 Å². The van der Waals surface area contributed by atoms with E-state index in [0.717, 1.165) is 30.1 Å². The van der Waals surface area contributed by atoms with Crippen LogP contribution in [-0.4, -0.2) is 42.0 Å². The van der Waals surface area contributed by atoms with Gasteiger partial charge in [-0.3, -0.25) is 9.78 Å². The van der Waals surface area contributed by atoms with Gasteiger partial charge in [0.25, 0.3) is 5.91 Å². The lowest BCUT2D eigenvalue weighted by molar-refractivity contribution is 0.0951. The van der Waals surface area contributed by atoms with Gasteiger partial charge in [-0.15, -0.1) is 0 Å². The Labute approximate surface area is 155 Å². The van der Waals surface area contributed by atoms with Gasteiger partial charge in [0.2, 0.25) is 0 Å². The van der Waals surface area contributed by atoms with Crippen LogP contribution in [0.4, 0.5) is 5.69 Å². The highest BCUT2D eigenvalue weighted by Crippen LogP contribution is 2.24. The Balaban J connectivity index is 1.47. The lowest BCUT2D eigenvalue weighted by Crippen LogP contribution is -2.33. The summed E-state index contributed by atoms with van der Waals surface area (Å²) in [6.07, 6.45) is 9.73. The van der Waals surface area contributed by atoms with Gasteiger partial charge >= 0.3 is 0 Å². The summed E-state index contributed by atoms with van der Waals surface area (Å²) in [5.41, 5.74) is 9.18. The van der Waals surface area contributed by atoms with Crippen molar-refractivity contribution in [2.75, 3.05) is 25.9 Å². The minimum absolute atomic E-state index is 0.0285. The number of amides is 1. The predicted octanol–water partition coefficient (Wildman–Crippen LogP) is 3.33. The van der Waals surface area contributed by atoms with Gasteiger partial charge in [-0.2, -0.15) is 0 Å². The fourth-order valence-corrected chi connectivity index (χ4v) is 3.61. The number of pyridine rings is 1. The number of anilines is 1. The zero-order chi connectivity index (χ0) is 18.4. The SMILES string of the molecule is CN(CCCNC(=O)c1ccc(-c2cnccc2N)cc1)C1CCCC1. The first kappa shape index (κ1) is 18.4.